The highest BCUT2D eigenvalue weighted by Crippen LogP contribution is 2.37. The van der Waals surface area contributed by atoms with Crippen LogP contribution in [-0.2, 0) is 24.2 Å². The van der Waals surface area contributed by atoms with E-state index in [1.165, 1.54) is 4.31 Å². The van der Waals surface area contributed by atoms with Crippen LogP contribution in [0.3, 0.4) is 0 Å². The molecule has 186 valence electrons. The van der Waals surface area contributed by atoms with Gasteiger partial charge in [-0.25, -0.2) is 8.42 Å². The lowest BCUT2D eigenvalue weighted by molar-refractivity contribution is 0.219. The maximum absolute atomic E-state index is 13.5. The average molecular weight is 567 g/mol. The molecule has 1 aromatic carbocycles. The Kier molecular flexibility index (Phi) is 10.4. The second-order valence-corrected chi connectivity index (χ2v) is 23.5. The Labute approximate surface area is 207 Å². The van der Waals surface area contributed by atoms with Gasteiger partial charge in [-0.2, -0.15) is 4.31 Å². The predicted molar refractivity (Wildman–Crippen MR) is 144 cm³/mol. The first kappa shape index (κ1) is 30.0. The van der Waals surface area contributed by atoms with Crippen LogP contribution in [0.15, 0.2) is 29.2 Å². The van der Waals surface area contributed by atoms with E-state index in [1.54, 1.807) is 12.1 Å². The van der Waals surface area contributed by atoms with Gasteiger partial charge in [0.05, 0.1) is 4.90 Å². The van der Waals surface area contributed by atoms with E-state index in [4.69, 9.17) is 8.85 Å². The third-order valence-electron chi connectivity index (χ3n) is 6.93. The molecule has 9 heteroatoms. The van der Waals surface area contributed by atoms with E-state index in [9.17, 15) is 8.42 Å². The van der Waals surface area contributed by atoms with Crippen molar-refractivity contribution in [2.75, 3.05) is 26.3 Å². The van der Waals surface area contributed by atoms with Gasteiger partial charge < -0.3 is 8.85 Å². The first-order valence-corrected chi connectivity index (χ1v) is 19.7. The molecule has 0 aromatic heterocycles. The van der Waals surface area contributed by atoms with Crippen LogP contribution in [-0.4, -0.2) is 55.7 Å². The largest absolute Gasteiger partial charge is 0.415 e. The molecule has 0 saturated carbocycles. The van der Waals surface area contributed by atoms with Gasteiger partial charge in [0.15, 0.2) is 16.6 Å². The zero-order valence-electron chi connectivity index (χ0n) is 21.7. The minimum atomic E-state index is -3.64. The fraction of sp³-hybridized carbons (Fsp3) is 0.739. The van der Waals surface area contributed by atoms with Crippen molar-refractivity contribution in [3.05, 3.63) is 29.8 Å². The summed E-state index contributed by atoms with van der Waals surface area (Å²) in [6, 6.07) is 7.06. The van der Waals surface area contributed by atoms with Gasteiger partial charge in [0, 0.05) is 31.6 Å². The van der Waals surface area contributed by atoms with Crippen molar-refractivity contribution in [1.82, 2.24) is 4.31 Å². The molecule has 0 aliphatic rings. The number of halogens is 1. The van der Waals surface area contributed by atoms with Gasteiger partial charge in [-0.3, -0.25) is 0 Å². The van der Waals surface area contributed by atoms with E-state index in [1.807, 2.05) is 12.1 Å². The summed E-state index contributed by atoms with van der Waals surface area (Å²) in [4.78, 5) is 0.307. The van der Waals surface area contributed by atoms with Gasteiger partial charge >= 0.3 is 0 Å². The Bertz CT molecular complexity index is 797. The number of nitrogens with zero attached hydrogens (tertiary/aromatic N) is 1. The first-order chi connectivity index (χ1) is 14.3. The van der Waals surface area contributed by atoms with Crippen LogP contribution < -0.4 is 0 Å². The smallest absolute Gasteiger partial charge is 0.243 e. The van der Waals surface area contributed by atoms with Crippen LogP contribution in [0.5, 0.6) is 0 Å². The van der Waals surface area contributed by atoms with E-state index in [0.29, 0.717) is 36.5 Å². The van der Waals surface area contributed by atoms with Crippen molar-refractivity contribution < 1.29 is 17.3 Å². The van der Waals surface area contributed by atoms with Crippen molar-refractivity contribution >= 4 is 42.6 Å². The Morgan fingerprint density at radius 3 is 1.50 bits per heavy atom. The number of hydrogen-bond donors (Lipinski definition) is 0. The van der Waals surface area contributed by atoms with E-state index < -0.39 is 26.7 Å². The highest BCUT2D eigenvalue weighted by molar-refractivity contribution is 9.08. The molecule has 0 spiro atoms. The van der Waals surface area contributed by atoms with Crippen LogP contribution in [0.2, 0.25) is 36.3 Å². The molecule has 5 nitrogen and oxygen atoms in total. The fourth-order valence-corrected chi connectivity index (χ4v) is 6.34. The van der Waals surface area contributed by atoms with E-state index in [-0.39, 0.29) is 10.1 Å². The molecule has 0 aliphatic heterocycles. The normalized spacial score (nSPS) is 14.2. The molecule has 0 heterocycles. The quantitative estimate of drug-likeness (QED) is 0.223. The molecule has 0 atom stereocenters. The number of hydrogen-bond acceptors (Lipinski definition) is 4. The molecule has 0 unspecified atom stereocenters. The molecule has 1 rings (SSSR count). The number of rotatable bonds is 11. The highest BCUT2D eigenvalue weighted by atomic mass is 79.9. The fourth-order valence-electron chi connectivity index (χ4n) is 2.49. The first-order valence-electron chi connectivity index (χ1n) is 11.3. The Morgan fingerprint density at radius 1 is 0.812 bits per heavy atom. The lowest BCUT2D eigenvalue weighted by atomic mass is 10.2. The van der Waals surface area contributed by atoms with Crippen molar-refractivity contribution in [1.29, 1.82) is 0 Å². The van der Waals surface area contributed by atoms with Crippen molar-refractivity contribution in [2.45, 2.75) is 88.0 Å². The van der Waals surface area contributed by atoms with E-state index in [2.05, 4.69) is 83.7 Å². The van der Waals surface area contributed by atoms with Gasteiger partial charge in [-0.15, -0.1) is 0 Å². The molecule has 0 saturated heterocycles. The SMILES string of the molecule is CC(C)(C)[Si](C)(C)OCCN(CCO[Si](C)(C)C(C)(C)C)S(=O)(=O)c1ccc(CBr)cc1. The van der Waals surface area contributed by atoms with Gasteiger partial charge in [0.1, 0.15) is 0 Å². The molecule has 0 N–H and O–H groups in total. The van der Waals surface area contributed by atoms with Gasteiger partial charge in [0.2, 0.25) is 10.0 Å². The molecule has 0 bridgehead atoms. The predicted octanol–water partition coefficient (Wildman–Crippen LogP) is 6.62. The zero-order chi connectivity index (χ0) is 25.0. The van der Waals surface area contributed by atoms with Gasteiger partial charge in [-0.1, -0.05) is 69.6 Å². The monoisotopic (exact) mass is 565 g/mol. The number of benzene rings is 1. The Hall–Kier alpha value is -0.0362. The Balaban J connectivity index is 3.03. The molecule has 0 radical (unpaired) electrons. The van der Waals surface area contributed by atoms with Crippen LogP contribution in [0, 0.1) is 0 Å². The van der Waals surface area contributed by atoms with Crippen LogP contribution in [0.25, 0.3) is 0 Å². The lowest BCUT2D eigenvalue weighted by Crippen LogP contribution is -2.45. The standard InChI is InChI=1S/C23H44BrNO4SSi2/c1-22(2,3)31(7,8)28-17-15-25(16-18-29-32(9,10)23(4,5)6)30(26,27)21-13-11-20(19-24)12-14-21/h11-14H,15-19H2,1-10H3. The van der Waals surface area contributed by atoms with E-state index >= 15 is 0 Å². The summed E-state index contributed by atoms with van der Waals surface area (Å²) in [6.45, 7) is 23.3. The summed E-state index contributed by atoms with van der Waals surface area (Å²) in [5.41, 5.74) is 1.04. The molecule has 32 heavy (non-hydrogen) atoms. The summed E-state index contributed by atoms with van der Waals surface area (Å²) in [5.74, 6) is 0. The highest BCUT2D eigenvalue weighted by Gasteiger charge is 2.39. The number of alkyl halides is 1. The second-order valence-electron chi connectivity index (χ2n) is 11.4. The average Bonchev–Trinajstić information content (AvgIpc) is 2.64. The summed E-state index contributed by atoms with van der Waals surface area (Å²) < 4.78 is 41.0. The van der Waals surface area contributed by atoms with Crippen molar-refractivity contribution in [2.24, 2.45) is 0 Å². The minimum Gasteiger partial charge on any atom is -0.415 e. The molecule has 1 aromatic rings. The van der Waals surface area contributed by atoms with Gasteiger partial charge in [-0.05, 0) is 54.0 Å². The maximum Gasteiger partial charge on any atom is 0.243 e. The minimum absolute atomic E-state index is 0.0770. The summed E-state index contributed by atoms with van der Waals surface area (Å²) in [6.07, 6.45) is 0. The van der Waals surface area contributed by atoms with Gasteiger partial charge in [0.25, 0.3) is 0 Å². The summed E-state index contributed by atoms with van der Waals surface area (Å²) >= 11 is 3.41. The third kappa shape index (κ3) is 8.03. The van der Waals surface area contributed by atoms with Crippen molar-refractivity contribution in [3.63, 3.8) is 0 Å². The van der Waals surface area contributed by atoms with Crippen molar-refractivity contribution in [3.8, 4) is 0 Å². The lowest BCUT2D eigenvalue weighted by Gasteiger charge is -2.37. The summed E-state index contributed by atoms with van der Waals surface area (Å²) in [5, 5.41) is 0.846. The third-order valence-corrected chi connectivity index (χ3v) is 18.6. The molecular weight excluding hydrogens is 522 g/mol. The zero-order valence-corrected chi connectivity index (χ0v) is 26.1. The molecule has 0 fully saturated rings. The molecule has 0 aliphatic carbocycles. The second kappa shape index (κ2) is 11.1. The molecular formula is C23H44BrNO4SSi2. The summed E-state index contributed by atoms with van der Waals surface area (Å²) in [7, 11) is -7.56. The Morgan fingerprint density at radius 2 is 1.19 bits per heavy atom. The van der Waals surface area contributed by atoms with Crippen LogP contribution >= 0.6 is 15.9 Å². The maximum atomic E-state index is 13.5. The van der Waals surface area contributed by atoms with Crippen LogP contribution in [0.1, 0.15) is 47.1 Å². The van der Waals surface area contributed by atoms with Crippen LogP contribution in [0.4, 0.5) is 0 Å². The van der Waals surface area contributed by atoms with E-state index in [0.717, 1.165) is 5.56 Å². The topological polar surface area (TPSA) is 55.8 Å². The number of sulfonamides is 1. The molecule has 0 amide bonds.